The van der Waals surface area contributed by atoms with Crippen molar-refractivity contribution in [2.24, 2.45) is 5.92 Å². The van der Waals surface area contributed by atoms with Gasteiger partial charge < -0.3 is 10.2 Å². The molecule has 1 N–H and O–H groups in total. The van der Waals surface area contributed by atoms with E-state index >= 15 is 0 Å². The van der Waals surface area contributed by atoms with E-state index in [1.165, 1.54) is 6.33 Å². The van der Waals surface area contributed by atoms with Crippen LogP contribution in [0.1, 0.15) is 25.3 Å². The molecule has 1 fully saturated rings. The summed E-state index contributed by atoms with van der Waals surface area (Å²) in [6.07, 6.45) is 3.36. The average Bonchev–Trinajstić information content (AvgIpc) is 2.58. The first kappa shape index (κ1) is 17.4. The number of rotatable bonds is 4. The van der Waals surface area contributed by atoms with Gasteiger partial charge >= 0.3 is 5.69 Å². The van der Waals surface area contributed by atoms with E-state index in [1.807, 2.05) is 17.9 Å². The monoisotopic (exact) mass is 361 g/mol. The molecule has 1 aliphatic heterocycles. The van der Waals surface area contributed by atoms with Crippen molar-refractivity contribution < 1.29 is 4.92 Å². The highest BCUT2D eigenvalue weighted by Gasteiger charge is 2.29. The SMILES string of the molecule is Cc1ccc(Cl)cc1Nc1ncnc(N2CCC(C)CC2)c1[N+](=O)[O-]. The summed E-state index contributed by atoms with van der Waals surface area (Å²) in [6.45, 7) is 5.61. The Balaban J connectivity index is 1.98. The van der Waals surface area contributed by atoms with Crippen LogP contribution >= 0.6 is 11.6 Å². The van der Waals surface area contributed by atoms with E-state index < -0.39 is 4.92 Å². The fourth-order valence-corrected chi connectivity index (χ4v) is 3.11. The molecule has 132 valence electrons. The van der Waals surface area contributed by atoms with Crippen molar-refractivity contribution in [3.05, 3.63) is 45.2 Å². The first-order valence-corrected chi connectivity index (χ1v) is 8.61. The summed E-state index contributed by atoms with van der Waals surface area (Å²) in [5.41, 5.74) is 1.51. The molecule has 0 radical (unpaired) electrons. The largest absolute Gasteiger partial charge is 0.353 e. The normalized spacial score (nSPS) is 15.2. The minimum atomic E-state index is -0.421. The van der Waals surface area contributed by atoms with Crippen LogP contribution in [0.2, 0.25) is 5.02 Å². The lowest BCUT2D eigenvalue weighted by molar-refractivity contribution is -0.383. The number of nitrogens with zero attached hydrogens (tertiary/aromatic N) is 4. The molecule has 0 aliphatic carbocycles. The fraction of sp³-hybridized carbons (Fsp3) is 0.412. The summed E-state index contributed by atoms with van der Waals surface area (Å²) >= 11 is 6.04. The molecule has 7 nitrogen and oxygen atoms in total. The summed E-state index contributed by atoms with van der Waals surface area (Å²) < 4.78 is 0. The molecule has 0 bridgehead atoms. The van der Waals surface area contributed by atoms with E-state index in [4.69, 9.17) is 11.6 Å². The predicted molar refractivity (Wildman–Crippen MR) is 98.8 cm³/mol. The van der Waals surface area contributed by atoms with Gasteiger partial charge in [0.25, 0.3) is 0 Å². The number of piperidine rings is 1. The van der Waals surface area contributed by atoms with Crippen LogP contribution < -0.4 is 10.2 Å². The van der Waals surface area contributed by atoms with Crippen LogP contribution in [0.15, 0.2) is 24.5 Å². The highest BCUT2D eigenvalue weighted by molar-refractivity contribution is 6.30. The molecule has 2 aromatic rings. The fourth-order valence-electron chi connectivity index (χ4n) is 2.94. The van der Waals surface area contributed by atoms with Crippen LogP contribution in [0.5, 0.6) is 0 Å². The van der Waals surface area contributed by atoms with Gasteiger partial charge in [0, 0.05) is 23.8 Å². The summed E-state index contributed by atoms with van der Waals surface area (Å²) in [5.74, 6) is 1.18. The van der Waals surface area contributed by atoms with E-state index in [2.05, 4.69) is 22.2 Å². The number of nitro groups is 1. The number of anilines is 3. The van der Waals surface area contributed by atoms with E-state index in [0.717, 1.165) is 31.5 Å². The van der Waals surface area contributed by atoms with E-state index in [0.29, 0.717) is 22.4 Å². The standard InChI is InChI=1S/C17H20ClN5O2/c1-11-5-7-22(8-6-11)17-15(23(24)25)16(19-10-20-17)21-14-9-13(18)4-3-12(14)2/h3-4,9-11H,5-8H2,1-2H3,(H,19,20,21). The van der Waals surface area contributed by atoms with Crippen LogP contribution in [0.4, 0.5) is 23.0 Å². The van der Waals surface area contributed by atoms with Gasteiger partial charge in [0.15, 0.2) is 0 Å². The zero-order chi connectivity index (χ0) is 18.0. The number of aryl methyl sites for hydroxylation is 1. The van der Waals surface area contributed by atoms with Crippen molar-refractivity contribution in [3.8, 4) is 0 Å². The molecule has 0 atom stereocenters. The molecule has 0 spiro atoms. The highest BCUT2D eigenvalue weighted by atomic mass is 35.5. The molecule has 1 aromatic heterocycles. The third-order valence-electron chi connectivity index (χ3n) is 4.52. The average molecular weight is 362 g/mol. The second-order valence-electron chi connectivity index (χ2n) is 6.41. The van der Waals surface area contributed by atoms with E-state index in [-0.39, 0.29) is 11.5 Å². The van der Waals surface area contributed by atoms with Crippen molar-refractivity contribution >= 4 is 34.6 Å². The van der Waals surface area contributed by atoms with Crippen LogP contribution in [0.25, 0.3) is 0 Å². The lowest BCUT2D eigenvalue weighted by atomic mass is 9.99. The molecule has 8 heteroatoms. The molecule has 3 rings (SSSR count). The highest BCUT2D eigenvalue weighted by Crippen LogP contribution is 2.36. The second-order valence-corrected chi connectivity index (χ2v) is 6.84. The Bertz CT molecular complexity index is 791. The van der Waals surface area contributed by atoms with Gasteiger partial charge in [0.1, 0.15) is 6.33 Å². The van der Waals surface area contributed by atoms with Crippen molar-refractivity contribution in [2.75, 3.05) is 23.3 Å². The summed E-state index contributed by atoms with van der Waals surface area (Å²) in [6, 6.07) is 5.35. The van der Waals surface area contributed by atoms with E-state index in [1.54, 1.807) is 12.1 Å². The first-order valence-electron chi connectivity index (χ1n) is 8.23. The molecular formula is C17H20ClN5O2. The van der Waals surface area contributed by atoms with Crippen LogP contribution in [-0.2, 0) is 0 Å². The number of halogens is 1. The van der Waals surface area contributed by atoms with Crippen molar-refractivity contribution in [2.45, 2.75) is 26.7 Å². The molecule has 2 heterocycles. The van der Waals surface area contributed by atoms with Crippen LogP contribution in [0.3, 0.4) is 0 Å². The Hall–Kier alpha value is -2.41. The topological polar surface area (TPSA) is 84.2 Å². The summed E-state index contributed by atoms with van der Waals surface area (Å²) in [7, 11) is 0. The molecule has 1 aliphatic rings. The Kier molecular flexibility index (Phi) is 5.03. The molecule has 0 unspecified atom stereocenters. The van der Waals surface area contributed by atoms with Gasteiger partial charge in [-0.3, -0.25) is 10.1 Å². The minimum Gasteiger partial charge on any atom is -0.351 e. The molecule has 1 saturated heterocycles. The Labute approximate surface area is 151 Å². The first-order chi connectivity index (χ1) is 12.0. The lowest BCUT2D eigenvalue weighted by Gasteiger charge is -2.30. The number of aromatic nitrogens is 2. The van der Waals surface area contributed by atoms with Gasteiger partial charge in [0.05, 0.1) is 4.92 Å². The predicted octanol–water partition coefficient (Wildman–Crippen LogP) is 4.33. The van der Waals surface area contributed by atoms with Crippen molar-refractivity contribution in [3.63, 3.8) is 0 Å². The number of nitrogens with one attached hydrogen (secondary N) is 1. The maximum absolute atomic E-state index is 11.7. The number of benzene rings is 1. The smallest absolute Gasteiger partial charge is 0.351 e. The third kappa shape index (κ3) is 3.82. The maximum atomic E-state index is 11.7. The maximum Gasteiger partial charge on any atom is 0.353 e. The number of hydrogen-bond donors (Lipinski definition) is 1. The van der Waals surface area contributed by atoms with Crippen molar-refractivity contribution in [1.82, 2.24) is 9.97 Å². The summed E-state index contributed by atoms with van der Waals surface area (Å²) in [4.78, 5) is 21.6. The summed E-state index contributed by atoms with van der Waals surface area (Å²) in [5, 5.41) is 15.3. The van der Waals surface area contributed by atoms with Gasteiger partial charge in [-0.2, -0.15) is 0 Å². The zero-order valence-corrected chi connectivity index (χ0v) is 15.0. The Morgan fingerprint density at radius 1 is 1.32 bits per heavy atom. The van der Waals surface area contributed by atoms with E-state index in [9.17, 15) is 10.1 Å². The van der Waals surface area contributed by atoms with Crippen LogP contribution in [-0.4, -0.2) is 28.0 Å². The Morgan fingerprint density at radius 3 is 2.72 bits per heavy atom. The molecule has 25 heavy (non-hydrogen) atoms. The quantitative estimate of drug-likeness (QED) is 0.644. The minimum absolute atomic E-state index is 0.101. The van der Waals surface area contributed by atoms with Gasteiger partial charge in [-0.15, -0.1) is 0 Å². The lowest BCUT2D eigenvalue weighted by Crippen LogP contribution is -2.34. The van der Waals surface area contributed by atoms with Gasteiger partial charge in [-0.1, -0.05) is 24.6 Å². The zero-order valence-electron chi connectivity index (χ0n) is 14.2. The molecule has 0 saturated carbocycles. The Morgan fingerprint density at radius 2 is 2.04 bits per heavy atom. The van der Waals surface area contributed by atoms with Gasteiger partial charge in [-0.05, 0) is 43.4 Å². The van der Waals surface area contributed by atoms with Crippen LogP contribution in [0, 0.1) is 23.0 Å². The molecule has 1 aromatic carbocycles. The molecular weight excluding hydrogens is 342 g/mol. The second kappa shape index (κ2) is 7.23. The van der Waals surface area contributed by atoms with Gasteiger partial charge in [0.2, 0.25) is 11.6 Å². The molecule has 0 amide bonds. The van der Waals surface area contributed by atoms with Gasteiger partial charge in [-0.25, -0.2) is 9.97 Å². The van der Waals surface area contributed by atoms with Crippen molar-refractivity contribution in [1.29, 1.82) is 0 Å². The number of hydrogen-bond acceptors (Lipinski definition) is 6. The third-order valence-corrected chi connectivity index (χ3v) is 4.76.